The Hall–Kier alpha value is -0.870. The highest BCUT2D eigenvalue weighted by Crippen LogP contribution is 2.14. The Morgan fingerprint density at radius 2 is 1.21 bits per heavy atom. The van der Waals surface area contributed by atoms with Crippen molar-refractivity contribution in [2.24, 2.45) is 0 Å². The quantitative estimate of drug-likeness (QED) is 0.0955. The molecule has 0 heterocycles. The highest BCUT2D eigenvalue weighted by atomic mass is 16.3. The van der Waals surface area contributed by atoms with Gasteiger partial charge < -0.3 is 15.5 Å². The molecule has 4 heteroatoms. The first-order chi connectivity index (χ1) is 16.2. The number of aliphatic hydroxyl groups excluding tert-OH is 2. The van der Waals surface area contributed by atoms with Crippen LogP contribution in [0, 0.1) is 0 Å². The average molecular weight is 468 g/mol. The normalized spacial score (nSPS) is 13.5. The van der Waals surface area contributed by atoms with Crippen LogP contribution in [-0.4, -0.2) is 34.9 Å². The van der Waals surface area contributed by atoms with E-state index in [4.69, 9.17) is 0 Å². The second-order valence-electron chi connectivity index (χ2n) is 9.81. The van der Waals surface area contributed by atoms with E-state index in [1.807, 2.05) is 0 Å². The molecule has 0 aliphatic heterocycles. The smallest absolute Gasteiger partial charge is 0.220 e. The maximum atomic E-state index is 12.2. The minimum absolute atomic E-state index is 0.0467. The Kier molecular flexibility index (Phi) is 25.1. The molecular weight excluding hydrogens is 410 g/mol. The summed E-state index contributed by atoms with van der Waals surface area (Å²) in [6.07, 6.45) is 28.2. The lowest BCUT2D eigenvalue weighted by Gasteiger charge is -2.22. The molecule has 0 aliphatic carbocycles. The lowest BCUT2D eigenvalue weighted by atomic mass is 10.0. The van der Waals surface area contributed by atoms with Crippen LogP contribution in [0.1, 0.15) is 149 Å². The number of carbonyl (C=O) groups excluding carboxylic acids is 1. The molecule has 33 heavy (non-hydrogen) atoms. The first-order valence-electron chi connectivity index (χ1n) is 14.4. The third kappa shape index (κ3) is 22.7. The van der Waals surface area contributed by atoms with Gasteiger partial charge in [0.05, 0.1) is 18.8 Å². The molecule has 0 aromatic heterocycles. The van der Waals surface area contributed by atoms with Crippen LogP contribution in [0.25, 0.3) is 0 Å². The fraction of sp³-hybridized carbons (Fsp3) is 0.897. The summed E-state index contributed by atoms with van der Waals surface area (Å²) >= 11 is 0. The Morgan fingerprint density at radius 3 is 1.79 bits per heavy atom. The molecule has 0 rings (SSSR count). The largest absolute Gasteiger partial charge is 0.394 e. The Balaban J connectivity index is 3.64. The van der Waals surface area contributed by atoms with Crippen molar-refractivity contribution in [3.63, 3.8) is 0 Å². The van der Waals surface area contributed by atoms with E-state index in [2.05, 4.69) is 31.3 Å². The van der Waals surface area contributed by atoms with E-state index >= 15 is 0 Å². The van der Waals surface area contributed by atoms with Crippen LogP contribution in [-0.2, 0) is 4.79 Å². The number of unbranched alkanes of at least 4 members (excludes halogenated alkanes) is 16. The zero-order chi connectivity index (χ0) is 24.4. The third-order valence-electron chi connectivity index (χ3n) is 6.51. The summed E-state index contributed by atoms with van der Waals surface area (Å²) in [5, 5.41) is 22.8. The number of hydrogen-bond acceptors (Lipinski definition) is 3. The van der Waals surface area contributed by atoms with Gasteiger partial charge in [-0.3, -0.25) is 4.79 Å². The molecule has 0 aliphatic rings. The van der Waals surface area contributed by atoms with Crippen molar-refractivity contribution in [2.75, 3.05) is 6.61 Å². The molecule has 2 unspecified atom stereocenters. The molecule has 0 saturated heterocycles. The lowest BCUT2D eigenvalue weighted by molar-refractivity contribution is -0.123. The van der Waals surface area contributed by atoms with Crippen LogP contribution in [0.15, 0.2) is 12.2 Å². The topological polar surface area (TPSA) is 69.6 Å². The molecule has 0 spiro atoms. The van der Waals surface area contributed by atoms with Crippen molar-refractivity contribution in [1.29, 1.82) is 0 Å². The number of allylic oxidation sites excluding steroid dienone is 2. The Labute approximate surface area is 206 Å². The van der Waals surface area contributed by atoms with E-state index in [0.717, 1.165) is 32.1 Å². The number of carbonyl (C=O) groups is 1. The van der Waals surface area contributed by atoms with Crippen molar-refractivity contribution in [1.82, 2.24) is 5.32 Å². The lowest BCUT2D eigenvalue weighted by Crippen LogP contribution is -2.45. The molecular formula is C29H57NO3. The summed E-state index contributed by atoms with van der Waals surface area (Å²) in [6, 6.07) is -0.532. The second kappa shape index (κ2) is 25.7. The zero-order valence-electron chi connectivity index (χ0n) is 22.2. The van der Waals surface area contributed by atoms with Crippen molar-refractivity contribution in [2.45, 2.75) is 161 Å². The average Bonchev–Trinajstić information content (AvgIpc) is 2.82. The van der Waals surface area contributed by atoms with Gasteiger partial charge in [-0.1, -0.05) is 122 Å². The van der Waals surface area contributed by atoms with E-state index in [9.17, 15) is 15.0 Å². The molecule has 4 nitrogen and oxygen atoms in total. The molecule has 0 bridgehead atoms. The van der Waals surface area contributed by atoms with Crippen LogP contribution in [0.4, 0.5) is 0 Å². The van der Waals surface area contributed by atoms with Crippen molar-refractivity contribution < 1.29 is 15.0 Å². The Morgan fingerprint density at radius 1 is 0.697 bits per heavy atom. The van der Waals surface area contributed by atoms with Gasteiger partial charge in [-0.25, -0.2) is 0 Å². The van der Waals surface area contributed by atoms with Crippen LogP contribution >= 0.6 is 0 Å². The highest BCUT2D eigenvalue weighted by molar-refractivity contribution is 5.76. The maximum Gasteiger partial charge on any atom is 0.220 e. The maximum absolute atomic E-state index is 12.2. The number of amides is 1. The molecule has 2 atom stereocenters. The number of rotatable bonds is 25. The summed E-state index contributed by atoms with van der Waals surface area (Å²) in [7, 11) is 0. The van der Waals surface area contributed by atoms with E-state index in [1.165, 1.54) is 89.9 Å². The third-order valence-corrected chi connectivity index (χ3v) is 6.51. The van der Waals surface area contributed by atoms with Gasteiger partial charge >= 0.3 is 0 Å². The van der Waals surface area contributed by atoms with E-state index in [1.54, 1.807) is 0 Å². The van der Waals surface area contributed by atoms with E-state index in [-0.39, 0.29) is 12.5 Å². The molecule has 3 N–H and O–H groups in total. The van der Waals surface area contributed by atoms with Crippen LogP contribution in [0.3, 0.4) is 0 Å². The van der Waals surface area contributed by atoms with Crippen LogP contribution < -0.4 is 5.32 Å². The first-order valence-corrected chi connectivity index (χ1v) is 14.4. The van der Waals surface area contributed by atoms with Gasteiger partial charge in [-0.05, 0) is 32.1 Å². The monoisotopic (exact) mass is 467 g/mol. The molecule has 0 fully saturated rings. The van der Waals surface area contributed by atoms with Gasteiger partial charge in [0, 0.05) is 6.42 Å². The zero-order valence-corrected chi connectivity index (χ0v) is 22.2. The predicted octanol–water partition coefficient (Wildman–Crippen LogP) is 7.61. The summed E-state index contributed by atoms with van der Waals surface area (Å²) in [5.41, 5.74) is 0. The van der Waals surface area contributed by atoms with Gasteiger partial charge in [0.15, 0.2) is 0 Å². The first kappa shape index (κ1) is 32.1. The second-order valence-corrected chi connectivity index (χ2v) is 9.81. The summed E-state index contributed by atoms with van der Waals surface area (Å²) in [5.74, 6) is -0.0467. The van der Waals surface area contributed by atoms with Gasteiger partial charge in [-0.15, -0.1) is 0 Å². The SMILES string of the molecule is CCC/C=C\CCCCCCCC(=O)NC(CO)C(O)CCCCCCCCCCCCC. The van der Waals surface area contributed by atoms with E-state index in [0.29, 0.717) is 12.8 Å². The minimum Gasteiger partial charge on any atom is -0.394 e. The highest BCUT2D eigenvalue weighted by Gasteiger charge is 2.19. The van der Waals surface area contributed by atoms with Crippen molar-refractivity contribution in [3.8, 4) is 0 Å². The molecule has 196 valence electrons. The van der Waals surface area contributed by atoms with Crippen molar-refractivity contribution in [3.05, 3.63) is 12.2 Å². The van der Waals surface area contributed by atoms with Gasteiger partial charge in [-0.2, -0.15) is 0 Å². The van der Waals surface area contributed by atoms with Crippen LogP contribution in [0.2, 0.25) is 0 Å². The van der Waals surface area contributed by atoms with Gasteiger partial charge in [0.2, 0.25) is 5.91 Å². The van der Waals surface area contributed by atoms with Crippen LogP contribution in [0.5, 0.6) is 0 Å². The van der Waals surface area contributed by atoms with Gasteiger partial charge in [0.1, 0.15) is 0 Å². The Bertz CT molecular complexity index is 439. The number of nitrogens with one attached hydrogen (secondary N) is 1. The number of aliphatic hydroxyl groups is 2. The molecule has 0 radical (unpaired) electrons. The minimum atomic E-state index is -0.654. The predicted molar refractivity (Wildman–Crippen MR) is 142 cm³/mol. The molecule has 1 amide bonds. The fourth-order valence-electron chi connectivity index (χ4n) is 4.24. The van der Waals surface area contributed by atoms with Crippen molar-refractivity contribution >= 4 is 5.91 Å². The standard InChI is InChI=1S/C29H57NO3/c1-3-5-7-9-11-13-15-16-18-20-22-24-28(32)27(26-31)30-29(33)25-23-21-19-17-14-12-10-8-6-4-2/h8,10,27-28,31-32H,3-7,9,11-26H2,1-2H3,(H,30,33)/b10-8-. The molecule has 0 aromatic rings. The summed E-state index contributed by atoms with van der Waals surface area (Å²) in [4.78, 5) is 12.2. The fourth-order valence-corrected chi connectivity index (χ4v) is 4.24. The summed E-state index contributed by atoms with van der Waals surface area (Å²) < 4.78 is 0. The molecule has 0 saturated carbocycles. The number of hydrogen-bond donors (Lipinski definition) is 3. The van der Waals surface area contributed by atoms with E-state index < -0.39 is 12.1 Å². The van der Waals surface area contributed by atoms with Gasteiger partial charge in [0.25, 0.3) is 0 Å². The summed E-state index contributed by atoms with van der Waals surface area (Å²) in [6.45, 7) is 4.26. The molecule has 0 aromatic carbocycles.